The lowest BCUT2D eigenvalue weighted by Gasteiger charge is -2.34. The summed E-state index contributed by atoms with van der Waals surface area (Å²) in [5, 5.41) is 9.43. The number of urea groups is 2. The fourth-order valence-corrected chi connectivity index (χ4v) is 2.95. The monoisotopic (exact) mass is 380 g/mol. The molecule has 144 valence electrons. The Morgan fingerprint density at radius 3 is 2.31 bits per heavy atom. The molecule has 7 heteroatoms. The lowest BCUT2D eigenvalue weighted by Crippen LogP contribution is -2.51. The first-order chi connectivity index (χ1) is 12.2. The first-order valence-corrected chi connectivity index (χ1v) is 9.44. The topological polar surface area (TPSA) is 73.5 Å². The number of carbonyl (C=O) groups is 2. The van der Waals surface area contributed by atoms with Crippen molar-refractivity contribution in [1.29, 1.82) is 0 Å². The molecule has 1 fully saturated rings. The molecule has 0 bridgehead atoms. The molecule has 0 unspecified atom stereocenters. The molecule has 1 aliphatic rings. The lowest BCUT2D eigenvalue weighted by atomic mass is 9.97. The predicted octanol–water partition coefficient (Wildman–Crippen LogP) is 3.36. The van der Waals surface area contributed by atoms with E-state index in [0.717, 1.165) is 31.5 Å². The summed E-state index contributed by atoms with van der Waals surface area (Å²) < 4.78 is 0. The molecule has 0 radical (unpaired) electrons. The van der Waals surface area contributed by atoms with Crippen LogP contribution in [0.1, 0.15) is 39.2 Å². The Morgan fingerprint density at radius 1 is 1.12 bits per heavy atom. The van der Waals surface area contributed by atoms with Gasteiger partial charge in [0.05, 0.1) is 0 Å². The average molecular weight is 381 g/mol. The molecule has 1 aromatic carbocycles. The van der Waals surface area contributed by atoms with Gasteiger partial charge in [0.15, 0.2) is 0 Å². The van der Waals surface area contributed by atoms with Crippen molar-refractivity contribution < 1.29 is 9.59 Å². The normalized spacial score (nSPS) is 15.5. The summed E-state index contributed by atoms with van der Waals surface area (Å²) in [5.74, 6) is 0.398. The Kier molecular flexibility index (Phi) is 7.14. The smallest absolute Gasteiger partial charge is 0.317 e. The molecule has 0 spiro atoms. The fourth-order valence-electron chi connectivity index (χ4n) is 2.82. The minimum absolute atomic E-state index is 0.00961. The number of piperidine rings is 1. The van der Waals surface area contributed by atoms with Gasteiger partial charge in [-0.05, 0) is 57.2 Å². The second kappa shape index (κ2) is 9.12. The van der Waals surface area contributed by atoms with Crippen LogP contribution in [0.25, 0.3) is 0 Å². The third-order valence-corrected chi connectivity index (χ3v) is 4.55. The van der Waals surface area contributed by atoms with Crippen LogP contribution in [0.3, 0.4) is 0 Å². The molecule has 4 amide bonds. The van der Waals surface area contributed by atoms with Gasteiger partial charge in [0.1, 0.15) is 0 Å². The van der Waals surface area contributed by atoms with Gasteiger partial charge < -0.3 is 20.9 Å². The van der Waals surface area contributed by atoms with Gasteiger partial charge in [-0.15, -0.1) is 0 Å². The van der Waals surface area contributed by atoms with Crippen molar-refractivity contribution in [2.45, 2.75) is 45.7 Å². The predicted molar refractivity (Wildman–Crippen MR) is 104 cm³/mol. The van der Waals surface area contributed by atoms with Gasteiger partial charge in [0.2, 0.25) is 0 Å². The van der Waals surface area contributed by atoms with E-state index in [-0.39, 0.29) is 17.6 Å². The molecule has 26 heavy (non-hydrogen) atoms. The molecule has 2 rings (SSSR count). The van der Waals surface area contributed by atoms with Crippen LogP contribution >= 0.6 is 11.6 Å². The van der Waals surface area contributed by atoms with Crippen molar-refractivity contribution in [3.05, 3.63) is 34.9 Å². The number of amides is 4. The second-order valence-corrected chi connectivity index (χ2v) is 8.24. The van der Waals surface area contributed by atoms with E-state index in [0.29, 0.717) is 24.0 Å². The van der Waals surface area contributed by atoms with Crippen molar-refractivity contribution in [3.63, 3.8) is 0 Å². The minimum Gasteiger partial charge on any atom is -0.338 e. The molecule has 6 nitrogen and oxygen atoms in total. The largest absolute Gasteiger partial charge is 0.338 e. The Morgan fingerprint density at radius 2 is 1.73 bits per heavy atom. The first kappa shape index (κ1) is 20.4. The highest BCUT2D eigenvalue weighted by atomic mass is 35.5. The Balaban J connectivity index is 1.64. The van der Waals surface area contributed by atoms with Crippen LogP contribution in [-0.4, -0.2) is 42.1 Å². The minimum atomic E-state index is -0.225. The van der Waals surface area contributed by atoms with Crippen molar-refractivity contribution in [2.75, 3.05) is 19.6 Å². The maximum Gasteiger partial charge on any atom is 0.317 e. The molecule has 1 aromatic rings. The van der Waals surface area contributed by atoms with Crippen molar-refractivity contribution in [3.8, 4) is 0 Å². The number of rotatable bonds is 4. The zero-order chi connectivity index (χ0) is 19.2. The van der Waals surface area contributed by atoms with Crippen LogP contribution in [0.2, 0.25) is 5.02 Å². The number of nitrogens with zero attached hydrogens (tertiary/aromatic N) is 1. The molecule has 0 aromatic heterocycles. The number of hydrogen-bond acceptors (Lipinski definition) is 2. The van der Waals surface area contributed by atoms with Crippen molar-refractivity contribution >= 4 is 23.7 Å². The van der Waals surface area contributed by atoms with E-state index < -0.39 is 0 Å². The van der Waals surface area contributed by atoms with Gasteiger partial charge in [-0.1, -0.05) is 23.7 Å². The summed E-state index contributed by atoms with van der Waals surface area (Å²) in [7, 11) is 0. The molecule has 0 aliphatic carbocycles. The van der Waals surface area contributed by atoms with E-state index in [1.165, 1.54) is 0 Å². The second-order valence-electron chi connectivity index (χ2n) is 7.80. The van der Waals surface area contributed by atoms with Gasteiger partial charge in [0, 0.05) is 36.7 Å². The Hall–Kier alpha value is -1.95. The molecule has 0 saturated carbocycles. The molecule has 3 N–H and O–H groups in total. The highest BCUT2D eigenvalue weighted by molar-refractivity contribution is 6.30. The zero-order valence-corrected chi connectivity index (χ0v) is 16.5. The molecule has 0 atom stereocenters. The quantitative estimate of drug-likeness (QED) is 0.749. The summed E-state index contributed by atoms with van der Waals surface area (Å²) in [6.07, 6.45) is 1.80. The van der Waals surface area contributed by atoms with Crippen LogP contribution in [0.4, 0.5) is 9.59 Å². The Labute approximate surface area is 160 Å². The number of nitrogens with one attached hydrogen (secondary N) is 3. The van der Waals surface area contributed by atoms with E-state index in [1.54, 1.807) is 12.1 Å². The van der Waals surface area contributed by atoms with Gasteiger partial charge in [-0.2, -0.15) is 0 Å². The van der Waals surface area contributed by atoms with Gasteiger partial charge in [0.25, 0.3) is 0 Å². The SMILES string of the molecule is CC(C)(C)NC(=O)N1CCC(CNC(=O)NCc2ccc(Cl)cc2)CC1. The van der Waals surface area contributed by atoms with E-state index in [2.05, 4.69) is 16.0 Å². The highest BCUT2D eigenvalue weighted by Crippen LogP contribution is 2.17. The molecular formula is C19H29ClN4O2. The van der Waals surface area contributed by atoms with E-state index in [1.807, 2.05) is 37.8 Å². The van der Waals surface area contributed by atoms with E-state index in [9.17, 15) is 9.59 Å². The number of likely N-dealkylation sites (tertiary alicyclic amines) is 1. The van der Waals surface area contributed by atoms with Crippen molar-refractivity contribution in [1.82, 2.24) is 20.9 Å². The molecule has 1 saturated heterocycles. The maximum absolute atomic E-state index is 12.2. The highest BCUT2D eigenvalue weighted by Gasteiger charge is 2.25. The maximum atomic E-state index is 12.2. The zero-order valence-electron chi connectivity index (χ0n) is 15.8. The molecular weight excluding hydrogens is 352 g/mol. The van der Waals surface area contributed by atoms with E-state index >= 15 is 0 Å². The fraction of sp³-hybridized carbons (Fsp3) is 0.579. The van der Waals surface area contributed by atoms with Crippen LogP contribution < -0.4 is 16.0 Å². The van der Waals surface area contributed by atoms with Crippen LogP contribution in [0.5, 0.6) is 0 Å². The standard InChI is InChI=1S/C19H29ClN4O2/c1-19(2,3)23-18(26)24-10-8-15(9-11-24)13-22-17(25)21-12-14-4-6-16(20)7-5-14/h4-7,15H,8-13H2,1-3H3,(H,23,26)(H2,21,22,25). The molecule has 1 aliphatic heterocycles. The summed E-state index contributed by atoms with van der Waals surface area (Å²) in [6.45, 7) is 8.47. The van der Waals surface area contributed by atoms with Gasteiger partial charge >= 0.3 is 12.1 Å². The van der Waals surface area contributed by atoms with Crippen LogP contribution in [0.15, 0.2) is 24.3 Å². The number of carbonyl (C=O) groups excluding carboxylic acids is 2. The lowest BCUT2D eigenvalue weighted by molar-refractivity contribution is 0.162. The third-order valence-electron chi connectivity index (χ3n) is 4.30. The van der Waals surface area contributed by atoms with Gasteiger partial charge in [-0.3, -0.25) is 0 Å². The molecule has 1 heterocycles. The van der Waals surface area contributed by atoms with Crippen molar-refractivity contribution in [2.24, 2.45) is 5.92 Å². The summed E-state index contributed by atoms with van der Waals surface area (Å²) in [5.41, 5.74) is 0.778. The average Bonchev–Trinajstić information content (AvgIpc) is 2.58. The number of halogens is 1. The van der Waals surface area contributed by atoms with E-state index in [4.69, 9.17) is 11.6 Å². The third kappa shape index (κ3) is 7.12. The number of benzene rings is 1. The Bertz CT molecular complexity index is 605. The first-order valence-electron chi connectivity index (χ1n) is 9.06. The summed E-state index contributed by atoms with van der Waals surface area (Å²) in [6, 6.07) is 7.21. The van der Waals surface area contributed by atoms with Crippen LogP contribution in [-0.2, 0) is 6.54 Å². The number of hydrogen-bond donors (Lipinski definition) is 3. The van der Waals surface area contributed by atoms with Crippen LogP contribution in [0, 0.1) is 5.92 Å². The summed E-state index contributed by atoms with van der Waals surface area (Å²) in [4.78, 5) is 25.9. The van der Waals surface area contributed by atoms with Gasteiger partial charge in [-0.25, -0.2) is 9.59 Å². The summed E-state index contributed by atoms with van der Waals surface area (Å²) >= 11 is 5.84.